The topological polar surface area (TPSA) is 59.3 Å². The first kappa shape index (κ1) is 20.4. The first-order chi connectivity index (χ1) is 14.7. The van der Waals surface area contributed by atoms with Gasteiger partial charge in [0.1, 0.15) is 17.7 Å². The molecule has 30 heavy (non-hydrogen) atoms. The van der Waals surface area contributed by atoms with E-state index >= 15 is 0 Å². The monoisotopic (exact) mass is 414 g/mol. The van der Waals surface area contributed by atoms with Crippen molar-refractivity contribution in [3.63, 3.8) is 0 Å². The van der Waals surface area contributed by atoms with E-state index in [9.17, 15) is 8.78 Å². The van der Waals surface area contributed by atoms with Crippen LogP contribution in [0.15, 0.2) is 48.5 Å². The maximum absolute atomic E-state index is 14.8. The van der Waals surface area contributed by atoms with Crippen molar-refractivity contribution in [2.45, 2.75) is 12.6 Å². The van der Waals surface area contributed by atoms with E-state index in [0.717, 1.165) is 0 Å². The summed E-state index contributed by atoms with van der Waals surface area (Å²) in [5.74, 6) is 0.0249. The van der Waals surface area contributed by atoms with Gasteiger partial charge in [0.05, 0.1) is 18.8 Å². The third-order valence-corrected chi connectivity index (χ3v) is 5.38. The van der Waals surface area contributed by atoms with E-state index in [-0.39, 0.29) is 11.6 Å². The molecule has 2 heterocycles. The Kier molecular flexibility index (Phi) is 6.29. The lowest BCUT2D eigenvalue weighted by molar-refractivity contribution is 0.170. The molecule has 0 bridgehead atoms. The molecule has 1 atom stereocenters. The molecule has 9 heteroatoms. The van der Waals surface area contributed by atoms with Crippen molar-refractivity contribution in [2.75, 3.05) is 44.8 Å². The second kappa shape index (κ2) is 9.27. The second-order valence-electron chi connectivity index (χ2n) is 7.15. The number of anilines is 1. The summed E-state index contributed by atoms with van der Waals surface area (Å²) in [4.78, 5) is 4.16. The number of rotatable bonds is 7. The molecular weight excluding hydrogens is 390 g/mol. The summed E-state index contributed by atoms with van der Waals surface area (Å²) >= 11 is 0. The van der Waals surface area contributed by atoms with E-state index in [1.54, 1.807) is 36.1 Å². The molecule has 1 fully saturated rings. The zero-order chi connectivity index (χ0) is 20.9. The van der Waals surface area contributed by atoms with Gasteiger partial charge in [-0.1, -0.05) is 30.3 Å². The molecular formula is C21H24F2N6O. The third kappa shape index (κ3) is 4.17. The van der Waals surface area contributed by atoms with Gasteiger partial charge in [-0.2, -0.15) is 0 Å². The fraction of sp³-hybridized carbons (Fsp3) is 0.381. The van der Waals surface area contributed by atoms with Gasteiger partial charge in [0, 0.05) is 38.9 Å². The minimum absolute atomic E-state index is 0.236. The molecule has 1 aromatic heterocycles. The fourth-order valence-electron chi connectivity index (χ4n) is 3.87. The summed E-state index contributed by atoms with van der Waals surface area (Å²) < 4.78 is 35.8. The summed E-state index contributed by atoms with van der Waals surface area (Å²) in [6, 6.07) is 13.0. The maximum Gasteiger partial charge on any atom is 0.173 e. The van der Waals surface area contributed by atoms with E-state index < -0.39 is 6.04 Å². The molecule has 0 amide bonds. The number of hydrogen-bond donors (Lipinski definition) is 0. The first-order valence-electron chi connectivity index (χ1n) is 9.92. The molecule has 7 nitrogen and oxygen atoms in total. The molecule has 4 rings (SSSR count). The highest BCUT2D eigenvalue weighted by atomic mass is 19.1. The highest BCUT2D eigenvalue weighted by molar-refractivity contribution is 5.48. The van der Waals surface area contributed by atoms with Crippen molar-refractivity contribution in [3.05, 3.63) is 71.6 Å². The lowest BCUT2D eigenvalue weighted by Crippen LogP contribution is -2.48. The van der Waals surface area contributed by atoms with Crippen LogP contribution in [0.25, 0.3) is 0 Å². The highest BCUT2D eigenvalue weighted by Crippen LogP contribution is 2.31. The van der Waals surface area contributed by atoms with Gasteiger partial charge in [0.25, 0.3) is 0 Å². The average Bonchev–Trinajstić information content (AvgIpc) is 3.23. The predicted molar refractivity (Wildman–Crippen MR) is 108 cm³/mol. The Bertz CT molecular complexity index is 973. The molecule has 2 aromatic carbocycles. The maximum atomic E-state index is 14.8. The lowest BCUT2D eigenvalue weighted by atomic mass is 10.0. The number of halogens is 2. The molecule has 3 aromatic rings. The normalized spacial score (nSPS) is 16.0. The SMILES string of the molecule is COCCn1nnnc1[C@@H](c1ccccc1F)N1CCN(c2ccccc2F)CC1. The van der Waals surface area contributed by atoms with Gasteiger partial charge in [-0.15, -0.1) is 5.10 Å². The van der Waals surface area contributed by atoms with Crippen LogP contribution < -0.4 is 4.90 Å². The summed E-state index contributed by atoms with van der Waals surface area (Å²) in [6.45, 7) is 3.38. The van der Waals surface area contributed by atoms with Crippen LogP contribution >= 0.6 is 0 Å². The van der Waals surface area contributed by atoms with Gasteiger partial charge in [0.2, 0.25) is 0 Å². The van der Waals surface area contributed by atoms with E-state index in [0.29, 0.717) is 56.4 Å². The quantitative estimate of drug-likeness (QED) is 0.592. The van der Waals surface area contributed by atoms with Crippen LogP contribution in [0.5, 0.6) is 0 Å². The van der Waals surface area contributed by atoms with Crippen LogP contribution in [-0.2, 0) is 11.3 Å². The van der Waals surface area contributed by atoms with Crippen molar-refractivity contribution >= 4 is 5.69 Å². The molecule has 1 aliphatic heterocycles. The standard InChI is InChI=1S/C21H24F2N6O/c1-30-15-14-29-21(24-25-26-29)20(16-6-2-3-7-17(16)22)28-12-10-27(11-13-28)19-9-5-4-8-18(19)23/h2-9,20H,10-15H2,1H3/t20-/m1/s1. The first-order valence-corrected chi connectivity index (χ1v) is 9.92. The third-order valence-electron chi connectivity index (χ3n) is 5.38. The smallest absolute Gasteiger partial charge is 0.173 e. The highest BCUT2D eigenvalue weighted by Gasteiger charge is 2.32. The van der Waals surface area contributed by atoms with Crippen LogP contribution in [-0.4, -0.2) is 65.0 Å². The Morgan fingerprint density at radius 2 is 1.67 bits per heavy atom. The van der Waals surface area contributed by atoms with Crippen molar-refractivity contribution < 1.29 is 13.5 Å². The molecule has 0 N–H and O–H groups in total. The Labute approximate surface area is 173 Å². The second-order valence-corrected chi connectivity index (χ2v) is 7.15. The average molecular weight is 414 g/mol. The van der Waals surface area contributed by atoms with Gasteiger partial charge in [0.15, 0.2) is 5.82 Å². The number of para-hydroxylation sites is 1. The van der Waals surface area contributed by atoms with Crippen molar-refractivity contribution in [1.29, 1.82) is 0 Å². The zero-order valence-corrected chi connectivity index (χ0v) is 16.8. The summed E-state index contributed by atoms with van der Waals surface area (Å²) in [6.07, 6.45) is 0. The predicted octanol–water partition coefficient (Wildman–Crippen LogP) is 2.51. The largest absolute Gasteiger partial charge is 0.383 e. The molecule has 0 unspecified atom stereocenters. The van der Waals surface area contributed by atoms with Crippen LogP contribution in [0.4, 0.5) is 14.5 Å². The molecule has 1 saturated heterocycles. The van der Waals surface area contributed by atoms with Crippen molar-refractivity contribution in [1.82, 2.24) is 25.1 Å². The summed E-state index contributed by atoms with van der Waals surface area (Å²) in [7, 11) is 1.61. The Morgan fingerprint density at radius 3 is 2.37 bits per heavy atom. The van der Waals surface area contributed by atoms with Crippen LogP contribution in [0.3, 0.4) is 0 Å². The zero-order valence-electron chi connectivity index (χ0n) is 16.8. The van der Waals surface area contributed by atoms with E-state index in [2.05, 4.69) is 20.4 Å². The number of nitrogens with zero attached hydrogens (tertiary/aromatic N) is 6. The summed E-state index contributed by atoms with van der Waals surface area (Å²) in [5, 5.41) is 12.1. The Balaban J connectivity index is 1.61. The number of ether oxygens (including phenoxy) is 1. The Morgan fingerprint density at radius 1 is 0.967 bits per heavy atom. The molecule has 0 saturated carbocycles. The number of benzene rings is 2. The van der Waals surface area contributed by atoms with E-state index in [1.807, 2.05) is 17.0 Å². The molecule has 0 aliphatic carbocycles. The fourth-order valence-corrected chi connectivity index (χ4v) is 3.87. The number of piperazine rings is 1. The molecule has 0 radical (unpaired) electrons. The van der Waals surface area contributed by atoms with Crippen LogP contribution in [0, 0.1) is 11.6 Å². The van der Waals surface area contributed by atoms with Gasteiger partial charge in [-0.3, -0.25) is 4.90 Å². The van der Waals surface area contributed by atoms with Crippen molar-refractivity contribution in [2.24, 2.45) is 0 Å². The minimum Gasteiger partial charge on any atom is -0.383 e. The minimum atomic E-state index is -0.444. The molecule has 0 spiro atoms. The van der Waals surface area contributed by atoms with Crippen LogP contribution in [0.1, 0.15) is 17.4 Å². The van der Waals surface area contributed by atoms with Gasteiger partial charge in [-0.05, 0) is 28.6 Å². The Hall–Kier alpha value is -2.91. The lowest BCUT2D eigenvalue weighted by Gasteiger charge is -2.40. The van der Waals surface area contributed by atoms with E-state index in [4.69, 9.17) is 4.74 Å². The van der Waals surface area contributed by atoms with E-state index in [1.165, 1.54) is 12.1 Å². The van der Waals surface area contributed by atoms with Gasteiger partial charge < -0.3 is 9.64 Å². The number of tetrazole rings is 1. The van der Waals surface area contributed by atoms with Gasteiger partial charge >= 0.3 is 0 Å². The van der Waals surface area contributed by atoms with Crippen LogP contribution in [0.2, 0.25) is 0 Å². The number of aromatic nitrogens is 4. The molecule has 1 aliphatic rings. The molecule has 158 valence electrons. The number of methoxy groups -OCH3 is 1. The van der Waals surface area contributed by atoms with Gasteiger partial charge in [-0.25, -0.2) is 13.5 Å². The summed E-state index contributed by atoms with van der Waals surface area (Å²) in [5.41, 5.74) is 1.11. The van der Waals surface area contributed by atoms with Crippen molar-refractivity contribution in [3.8, 4) is 0 Å². The number of hydrogen-bond acceptors (Lipinski definition) is 6.